The molecule has 0 saturated carbocycles. The van der Waals surface area contributed by atoms with Crippen molar-refractivity contribution in [1.82, 2.24) is 19.9 Å². The highest BCUT2D eigenvalue weighted by molar-refractivity contribution is 6.04. The number of anilines is 1. The minimum absolute atomic E-state index is 0.0472. The van der Waals surface area contributed by atoms with E-state index in [4.69, 9.17) is 9.26 Å². The molecule has 0 aliphatic carbocycles. The van der Waals surface area contributed by atoms with E-state index in [-0.39, 0.29) is 17.7 Å². The monoisotopic (exact) mass is 491 g/mol. The lowest BCUT2D eigenvalue weighted by molar-refractivity contribution is -0.121. The fourth-order valence-electron chi connectivity index (χ4n) is 4.42. The van der Waals surface area contributed by atoms with Crippen LogP contribution in [0.3, 0.4) is 0 Å². The number of hydrogen-bond donors (Lipinski definition) is 1. The molecule has 0 spiro atoms. The highest BCUT2D eigenvalue weighted by Gasteiger charge is 2.27. The van der Waals surface area contributed by atoms with E-state index < -0.39 is 0 Å². The van der Waals surface area contributed by atoms with Crippen LogP contribution in [0.2, 0.25) is 0 Å². The Bertz CT molecular complexity index is 1160. The molecule has 4 rings (SSSR count). The molecule has 0 bridgehead atoms. The Kier molecular flexibility index (Phi) is 8.32. The molecule has 0 atom stereocenters. The number of methoxy groups -OCH3 is 1. The van der Waals surface area contributed by atoms with Crippen LogP contribution in [0.15, 0.2) is 53.1 Å². The average Bonchev–Trinajstić information content (AvgIpc) is 3.38. The molecule has 2 heterocycles. The van der Waals surface area contributed by atoms with Gasteiger partial charge in [0.2, 0.25) is 17.6 Å². The first-order chi connectivity index (χ1) is 17.5. The van der Waals surface area contributed by atoms with E-state index in [9.17, 15) is 9.59 Å². The summed E-state index contributed by atoms with van der Waals surface area (Å²) in [6, 6.07) is 14.7. The third-order valence-corrected chi connectivity index (χ3v) is 6.60. The first-order valence-electron chi connectivity index (χ1n) is 12.4. The van der Waals surface area contributed by atoms with Crippen LogP contribution in [0.5, 0.6) is 5.75 Å². The van der Waals surface area contributed by atoms with E-state index in [2.05, 4.69) is 20.4 Å². The predicted octanol–water partition coefficient (Wildman–Crippen LogP) is 4.08. The van der Waals surface area contributed by atoms with Crippen LogP contribution in [0.25, 0.3) is 11.4 Å². The molecule has 9 nitrogen and oxygen atoms in total. The summed E-state index contributed by atoms with van der Waals surface area (Å²) >= 11 is 0. The lowest BCUT2D eigenvalue weighted by Gasteiger charge is -2.30. The number of benzene rings is 2. The second kappa shape index (κ2) is 11.8. The van der Waals surface area contributed by atoms with Crippen LogP contribution < -0.4 is 10.1 Å². The van der Waals surface area contributed by atoms with Crippen LogP contribution in [0, 0.1) is 5.92 Å². The van der Waals surface area contributed by atoms with E-state index in [0.717, 1.165) is 37.2 Å². The first-order valence-corrected chi connectivity index (χ1v) is 12.4. The number of nitrogens with one attached hydrogen (secondary N) is 1. The van der Waals surface area contributed by atoms with Gasteiger partial charge >= 0.3 is 0 Å². The largest absolute Gasteiger partial charge is 0.497 e. The lowest BCUT2D eigenvalue weighted by Crippen LogP contribution is -2.38. The molecule has 3 aromatic rings. The summed E-state index contributed by atoms with van der Waals surface area (Å²) in [6.07, 6.45) is 1.44. The average molecular weight is 492 g/mol. The number of piperidine rings is 1. The standard InChI is InChI=1S/C27H33N5O4/c1-4-32(5-2)27(34)22-8-6-7-9-23(22)28-26(33)20-14-16-31(17-15-20)18-24-29-25(30-36-24)19-10-12-21(35-3)13-11-19/h6-13,20H,4-5,14-18H2,1-3H3,(H,28,33). The maximum absolute atomic E-state index is 13.0. The van der Waals surface area contributed by atoms with Gasteiger partial charge in [-0.15, -0.1) is 0 Å². The minimum atomic E-state index is -0.115. The van der Waals surface area contributed by atoms with Crippen molar-refractivity contribution in [2.24, 2.45) is 5.92 Å². The van der Waals surface area contributed by atoms with E-state index in [0.29, 0.717) is 42.6 Å². The van der Waals surface area contributed by atoms with Crippen LogP contribution in [0.4, 0.5) is 5.69 Å². The number of carbonyl (C=O) groups excluding carboxylic acids is 2. The zero-order valence-corrected chi connectivity index (χ0v) is 21.1. The Morgan fingerprint density at radius 1 is 1.08 bits per heavy atom. The van der Waals surface area contributed by atoms with E-state index in [1.165, 1.54) is 0 Å². The highest BCUT2D eigenvalue weighted by atomic mass is 16.5. The summed E-state index contributed by atoms with van der Waals surface area (Å²) in [4.78, 5) is 34.4. The van der Waals surface area contributed by atoms with Gasteiger partial charge in [0.1, 0.15) is 5.75 Å². The number of carbonyl (C=O) groups is 2. The zero-order chi connectivity index (χ0) is 25.5. The van der Waals surface area contributed by atoms with Gasteiger partial charge in [0.25, 0.3) is 5.91 Å². The minimum Gasteiger partial charge on any atom is -0.497 e. The molecule has 9 heteroatoms. The summed E-state index contributed by atoms with van der Waals surface area (Å²) in [7, 11) is 1.63. The van der Waals surface area contributed by atoms with Crippen molar-refractivity contribution in [2.45, 2.75) is 33.2 Å². The second-order valence-corrected chi connectivity index (χ2v) is 8.80. The van der Waals surface area contributed by atoms with Gasteiger partial charge in [-0.3, -0.25) is 14.5 Å². The van der Waals surface area contributed by atoms with Gasteiger partial charge in [-0.25, -0.2) is 0 Å². The number of rotatable bonds is 9. The Morgan fingerprint density at radius 2 is 1.78 bits per heavy atom. The predicted molar refractivity (Wildman–Crippen MR) is 137 cm³/mol. The molecule has 2 amide bonds. The van der Waals surface area contributed by atoms with Crippen molar-refractivity contribution < 1.29 is 18.8 Å². The summed E-state index contributed by atoms with van der Waals surface area (Å²) in [6.45, 7) is 7.18. The maximum atomic E-state index is 13.0. The quantitative estimate of drug-likeness (QED) is 0.481. The summed E-state index contributed by atoms with van der Waals surface area (Å²) in [5, 5.41) is 7.10. The van der Waals surface area contributed by atoms with Crippen molar-refractivity contribution in [2.75, 3.05) is 38.6 Å². The van der Waals surface area contributed by atoms with Gasteiger partial charge < -0.3 is 19.5 Å². The fraction of sp³-hybridized carbons (Fsp3) is 0.407. The maximum Gasteiger partial charge on any atom is 0.255 e. The Hall–Kier alpha value is -3.72. The van der Waals surface area contributed by atoms with Crippen LogP contribution >= 0.6 is 0 Å². The first kappa shape index (κ1) is 25.4. The van der Waals surface area contributed by atoms with Gasteiger partial charge in [-0.05, 0) is 76.2 Å². The summed E-state index contributed by atoms with van der Waals surface area (Å²) < 4.78 is 10.6. The molecule has 190 valence electrons. The SMILES string of the molecule is CCN(CC)C(=O)c1ccccc1NC(=O)C1CCN(Cc2nc(-c3ccc(OC)cc3)no2)CC1. The molecule has 0 radical (unpaired) electrons. The van der Waals surface area contributed by atoms with Gasteiger partial charge in [0.05, 0.1) is 24.9 Å². The van der Waals surface area contributed by atoms with Crippen molar-refractivity contribution in [3.8, 4) is 17.1 Å². The Morgan fingerprint density at radius 3 is 2.44 bits per heavy atom. The number of hydrogen-bond acceptors (Lipinski definition) is 7. The number of amides is 2. The number of para-hydroxylation sites is 1. The van der Waals surface area contributed by atoms with E-state index in [1.54, 1.807) is 24.1 Å². The lowest BCUT2D eigenvalue weighted by atomic mass is 9.95. The molecule has 2 aromatic carbocycles. The van der Waals surface area contributed by atoms with Gasteiger partial charge in [0.15, 0.2) is 0 Å². The molecular weight excluding hydrogens is 458 g/mol. The van der Waals surface area contributed by atoms with Crippen LogP contribution in [0.1, 0.15) is 42.9 Å². The summed E-state index contributed by atoms with van der Waals surface area (Å²) in [5.74, 6) is 1.63. The molecular formula is C27H33N5O4. The number of likely N-dealkylation sites (tertiary alicyclic amines) is 1. The van der Waals surface area contributed by atoms with Crippen molar-refractivity contribution in [3.63, 3.8) is 0 Å². The Labute approximate surface area is 211 Å². The van der Waals surface area contributed by atoms with Crippen LogP contribution in [-0.4, -0.2) is 65.0 Å². The van der Waals surface area contributed by atoms with Gasteiger partial charge in [-0.2, -0.15) is 4.98 Å². The van der Waals surface area contributed by atoms with Gasteiger partial charge in [0, 0.05) is 24.6 Å². The van der Waals surface area contributed by atoms with E-state index in [1.807, 2.05) is 50.2 Å². The number of aromatic nitrogens is 2. The number of nitrogens with zero attached hydrogens (tertiary/aromatic N) is 4. The molecule has 1 aliphatic rings. The fourth-order valence-corrected chi connectivity index (χ4v) is 4.42. The smallest absolute Gasteiger partial charge is 0.255 e. The third-order valence-electron chi connectivity index (χ3n) is 6.60. The molecule has 1 aliphatic heterocycles. The molecule has 36 heavy (non-hydrogen) atoms. The summed E-state index contributed by atoms with van der Waals surface area (Å²) in [5.41, 5.74) is 1.95. The molecule has 1 N–H and O–H groups in total. The van der Waals surface area contributed by atoms with Crippen molar-refractivity contribution in [1.29, 1.82) is 0 Å². The molecule has 0 unspecified atom stereocenters. The highest BCUT2D eigenvalue weighted by Crippen LogP contribution is 2.24. The van der Waals surface area contributed by atoms with Crippen LogP contribution in [-0.2, 0) is 11.3 Å². The zero-order valence-electron chi connectivity index (χ0n) is 21.1. The normalized spacial score (nSPS) is 14.4. The molecule has 1 fully saturated rings. The second-order valence-electron chi connectivity index (χ2n) is 8.80. The molecule has 1 aromatic heterocycles. The van der Waals surface area contributed by atoms with Crippen molar-refractivity contribution >= 4 is 17.5 Å². The topological polar surface area (TPSA) is 101 Å². The number of ether oxygens (including phenoxy) is 1. The molecule has 1 saturated heterocycles. The van der Waals surface area contributed by atoms with Crippen molar-refractivity contribution in [3.05, 3.63) is 60.0 Å². The van der Waals surface area contributed by atoms with Gasteiger partial charge in [-0.1, -0.05) is 17.3 Å². The van der Waals surface area contributed by atoms with E-state index >= 15 is 0 Å². The Balaban J connectivity index is 1.31. The third kappa shape index (κ3) is 5.91.